The number of ether oxygens (including phenoxy) is 1. The minimum Gasteiger partial charge on any atom is -0.489 e. The van der Waals surface area contributed by atoms with E-state index in [1.54, 1.807) is 0 Å². The predicted molar refractivity (Wildman–Crippen MR) is 57.1 cm³/mol. The molecule has 0 saturated heterocycles. The highest BCUT2D eigenvalue weighted by Crippen LogP contribution is 2.16. The topological polar surface area (TPSA) is 9.23 Å². The van der Waals surface area contributed by atoms with E-state index in [0.717, 1.165) is 23.8 Å². The van der Waals surface area contributed by atoms with Gasteiger partial charge in [0.05, 0.1) is 0 Å². The van der Waals surface area contributed by atoms with E-state index in [-0.39, 0.29) is 5.75 Å². The minimum atomic E-state index is -0.636. The molecule has 0 radical (unpaired) electrons. The Balaban J connectivity index is 2.05. The monoisotopic (exact) mass is 220 g/mol. The van der Waals surface area contributed by atoms with Gasteiger partial charge >= 0.3 is 0 Å². The zero-order chi connectivity index (χ0) is 11.4. The zero-order valence-corrected chi connectivity index (χ0v) is 8.49. The Bertz CT molecular complexity index is 448. The van der Waals surface area contributed by atoms with Gasteiger partial charge < -0.3 is 4.74 Å². The molecule has 2 aromatic carbocycles. The lowest BCUT2D eigenvalue weighted by molar-refractivity contribution is 0.302. The van der Waals surface area contributed by atoms with Crippen LogP contribution in [0.1, 0.15) is 5.56 Å². The van der Waals surface area contributed by atoms with E-state index in [0.29, 0.717) is 6.61 Å². The van der Waals surface area contributed by atoms with Crippen molar-refractivity contribution in [1.29, 1.82) is 0 Å². The van der Waals surface area contributed by atoms with Crippen LogP contribution >= 0.6 is 0 Å². The quantitative estimate of drug-likeness (QED) is 0.768. The van der Waals surface area contributed by atoms with Gasteiger partial charge in [0.2, 0.25) is 0 Å². The number of benzene rings is 2. The minimum absolute atomic E-state index is 0.196. The maximum Gasteiger partial charge on any atom is 0.129 e. The Hall–Kier alpha value is -1.90. The predicted octanol–water partition coefficient (Wildman–Crippen LogP) is 3.54. The average Bonchev–Trinajstić information content (AvgIpc) is 2.27. The van der Waals surface area contributed by atoms with Crippen molar-refractivity contribution in [3.63, 3.8) is 0 Å². The maximum atomic E-state index is 12.8. The first-order valence-corrected chi connectivity index (χ1v) is 4.87. The average molecular weight is 220 g/mol. The van der Waals surface area contributed by atoms with E-state index in [4.69, 9.17) is 4.74 Å². The number of rotatable bonds is 3. The summed E-state index contributed by atoms with van der Waals surface area (Å²) in [6.07, 6.45) is 0. The van der Waals surface area contributed by atoms with E-state index in [9.17, 15) is 8.78 Å². The molecular formula is C13H10F2O. The third-order valence-electron chi connectivity index (χ3n) is 2.08. The van der Waals surface area contributed by atoms with E-state index in [1.807, 2.05) is 30.3 Å². The Kier molecular flexibility index (Phi) is 3.15. The molecule has 0 aliphatic carbocycles. The first kappa shape index (κ1) is 10.6. The lowest BCUT2D eigenvalue weighted by Gasteiger charge is -2.06. The summed E-state index contributed by atoms with van der Waals surface area (Å²) in [5, 5.41) is 0. The molecule has 3 heteroatoms. The number of hydrogen-bond acceptors (Lipinski definition) is 1. The Morgan fingerprint density at radius 1 is 0.875 bits per heavy atom. The molecule has 0 heterocycles. The molecule has 0 fully saturated rings. The summed E-state index contributed by atoms with van der Waals surface area (Å²) in [5.41, 5.74) is 0.951. The molecule has 82 valence electrons. The fraction of sp³-hybridized carbons (Fsp3) is 0.0769. The number of hydrogen-bond donors (Lipinski definition) is 0. The molecule has 2 aromatic rings. The van der Waals surface area contributed by atoms with E-state index in [1.165, 1.54) is 0 Å². The molecule has 0 N–H and O–H groups in total. The van der Waals surface area contributed by atoms with Gasteiger partial charge in [-0.3, -0.25) is 0 Å². The Labute approximate surface area is 92.3 Å². The third-order valence-corrected chi connectivity index (χ3v) is 2.08. The van der Waals surface area contributed by atoms with Crippen LogP contribution in [0, 0.1) is 11.6 Å². The van der Waals surface area contributed by atoms with Crippen molar-refractivity contribution in [2.24, 2.45) is 0 Å². The summed E-state index contributed by atoms with van der Waals surface area (Å²) in [6, 6.07) is 12.6. The van der Waals surface area contributed by atoms with Crippen LogP contribution in [0.2, 0.25) is 0 Å². The molecule has 0 unspecified atom stereocenters. The molecule has 2 rings (SSSR count). The molecule has 0 bridgehead atoms. The van der Waals surface area contributed by atoms with Crippen LogP contribution in [0.5, 0.6) is 5.75 Å². The van der Waals surface area contributed by atoms with Crippen molar-refractivity contribution < 1.29 is 13.5 Å². The summed E-state index contributed by atoms with van der Waals surface area (Å²) in [7, 11) is 0. The van der Waals surface area contributed by atoms with Gasteiger partial charge in [-0.05, 0) is 5.56 Å². The second kappa shape index (κ2) is 4.75. The summed E-state index contributed by atoms with van der Waals surface area (Å²) >= 11 is 0. The molecular weight excluding hydrogens is 210 g/mol. The van der Waals surface area contributed by atoms with E-state index in [2.05, 4.69) is 0 Å². The van der Waals surface area contributed by atoms with Crippen molar-refractivity contribution in [3.8, 4) is 5.75 Å². The molecule has 0 aromatic heterocycles. The van der Waals surface area contributed by atoms with Crippen molar-refractivity contribution in [2.75, 3.05) is 0 Å². The van der Waals surface area contributed by atoms with Crippen LogP contribution in [-0.4, -0.2) is 0 Å². The summed E-state index contributed by atoms with van der Waals surface area (Å²) in [6.45, 7) is 0.295. The van der Waals surface area contributed by atoms with Crippen LogP contribution in [0.25, 0.3) is 0 Å². The second-order valence-corrected chi connectivity index (χ2v) is 3.38. The molecule has 16 heavy (non-hydrogen) atoms. The fourth-order valence-corrected chi connectivity index (χ4v) is 1.35. The first-order valence-electron chi connectivity index (χ1n) is 4.87. The smallest absolute Gasteiger partial charge is 0.129 e. The molecule has 1 nitrogen and oxygen atoms in total. The first-order chi connectivity index (χ1) is 7.74. The van der Waals surface area contributed by atoms with Gasteiger partial charge in [0.1, 0.15) is 24.0 Å². The van der Waals surface area contributed by atoms with Crippen LogP contribution < -0.4 is 4.74 Å². The SMILES string of the molecule is Fc1cc(F)cc(OCc2ccccc2)c1. The van der Waals surface area contributed by atoms with Crippen LogP contribution in [0.3, 0.4) is 0 Å². The van der Waals surface area contributed by atoms with Crippen molar-refractivity contribution in [3.05, 3.63) is 65.7 Å². The molecule has 0 aliphatic heterocycles. The van der Waals surface area contributed by atoms with Crippen molar-refractivity contribution >= 4 is 0 Å². The Morgan fingerprint density at radius 3 is 2.12 bits per heavy atom. The van der Waals surface area contributed by atoms with Gasteiger partial charge in [0.15, 0.2) is 0 Å². The van der Waals surface area contributed by atoms with Crippen LogP contribution in [0.15, 0.2) is 48.5 Å². The standard InChI is InChI=1S/C13H10F2O/c14-11-6-12(15)8-13(7-11)16-9-10-4-2-1-3-5-10/h1-8H,9H2. The molecule has 0 amide bonds. The van der Waals surface area contributed by atoms with Gasteiger partial charge in [-0.15, -0.1) is 0 Å². The van der Waals surface area contributed by atoms with Gasteiger partial charge in [0.25, 0.3) is 0 Å². The van der Waals surface area contributed by atoms with E-state index >= 15 is 0 Å². The molecule has 0 aliphatic rings. The largest absolute Gasteiger partial charge is 0.489 e. The summed E-state index contributed by atoms with van der Waals surface area (Å²) < 4.78 is 30.9. The molecule has 0 saturated carbocycles. The van der Waals surface area contributed by atoms with E-state index < -0.39 is 11.6 Å². The van der Waals surface area contributed by atoms with Gasteiger partial charge in [-0.1, -0.05) is 30.3 Å². The Morgan fingerprint density at radius 2 is 1.50 bits per heavy atom. The lowest BCUT2D eigenvalue weighted by Crippen LogP contribution is -1.96. The third kappa shape index (κ3) is 2.79. The molecule has 0 atom stereocenters. The van der Waals surface area contributed by atoms with Crippen molar-refractivity contribution in [1.82, 2.24) is 0 Å². The summed E-state index contributed by atoms with van der Waals surface area (Å²) in [4.78, 5) is 0. The normalized spacial score (nSPS) is 10.1. The zero-order valence-electron chi connectivity index (χ0n) is 8.49. The maximum absolute atomic E-state index is 12.8. The lowest BCUT2D eigenvalue weighted by atomic mass is 10.2. The van der Waals surface area contributed by atoms with Crippen molar-refractivity contribution in [2.45, 2.75) is 6.61 Å². The fourth-order valence-electron chi connectivity index (χ4n) is 1.35. The summed E-state index contributed by atoms with van der Waals surface area (Å²) in [5.74, 6) is -1.08. The van der Waals surface area contributed by atoms with Gasteiger partial charge in [-0.25, -0.2) is 8.78 Å². The highest BCUT2D eigenvalue weighted by atomic mass is 19.1. The number of halogens is 2. The highest BCUT2D eigenvalue weighted by molar-refractivity contribution is 5.24. The molecule has 0 spiro atoms. The highest BCUT2D eigenvalue weighted by Gasteiger charge is 2.01. The van der Waals surface area contributed by atoms with Gasteiger partial charge in [0, 0.05) is 18.2 Å². The van der Waals surface area contributed by atoms with Crippen LogP contribution in [-0.2, 0) is 6.61 Å². The van der Waals surface area contributed by atoms with Crippen LogP contribution in [0.4, 0.5) is 8.78 Å². The second-order valence-electron chi connectivity index (χ2n) is 3.38. The van der Waals surface area contributed by atoms with Gasteiger partial charge in [-0.2, -0.15) is 0 Å².